The van der Waals surface area contributed by atoms with Crippen LogP contribution in [0.2, 0.25) is 0 Å². The molecule has 4 heterocycles. The Morgan fingerprint density at radius 3 is 2.53 bits per heavy atom. The molecular formula is C23H26N8O. The summed E-state index contributed by atoms with van der Waals surface area (Å²) in [6.07, 6.45) is 1.03. The van der Waals surface area contributed by atoms with Gasteiger partial charge in [-0.2, -0.15) is 9.67 Å². The quantitative estimate of drug-likeness (QED) is 0.492. The van der Waals surface area contributed by atoms with Gasteiger partial charge in [-0.05, 0) is 32.4 Å². The number of aromatic nitrogens is 7. The average molecular weight is 431 g/mol. The Bertz CT molecular complexity index is 1300. The number of anilines is 1. The van der Waals surface area contributed by atoms with Crippen LogP contribution in [0, 0.1) is 13.8 Å². The summed E-state index contributed by atoms with van der Waals surface area (Å²) in [4.78, 5) is 21.4. The van der Waals surface area contributed by atoms with E-state index in [9.17, 15) is 0 Å². The highest BCUT2D eigenvalue weighted by molar-refractivity contribution is 5.76. The van der Waals surface area contributed by atoms with Crippen LogP contribution in [0.25, 0.3) is 16.9 Å². The van der Waals surface area contributed by atoms with E-state index >= 15 is 0 Å². The maximum absolute atomic E-state index is 5.53. The van der Waals surface area contributed by atoms with Crippen LogP contribution >= 0.6 is 0 Å². The van der Waals surface area contributed by atoms with Crippen molar-refractivity contribution in [1.82, 2.24) is 34.3 Å². The monoisotopic (exact) mass is 430 g/mol. The largest absolute Gasteiger partial charge is 0.378 e. The lowest BCUT2D eigenvalue weighted by Crippen LogP contribution is -2.37. The second-order valence-electron chi connectivity index (χ2n) is 8.63. The molecule has 9 nitrogen and oxygen atoms in total. The van der Waals surface area contributed by atoms with E-state index in [2.05, 4.69) is 50.9 Å². The Morgan fingerprint density at radius 2 is 1.78 bits per heavy atom. The van der Waals surface area contributed by atoms with Gasteiger partial charge in [-0.25, -0.2) is 15.0 Å². The molecule has 1 aliphatic heterocycles. The summed E-state index contributed by atoms with van der Waals surface area (Å²) >= 11 is 0. The first-order valence-electron chi connectivity index (χ1n) is 11.1. The third-order valence-electron chi connectivity index (χ3n) is 6.43. The number of imidazole rings is 1. The lowest BCUT2D eigenvalue weighted by Gasteiger charge is -2.27. The van der Waals surface area contributed by atoms with Gasteiger partial charge < -0.3 is 14.2 Å². The number of aryl methyl sites for hydroxylation is 3. The van der Waals surface area contributed by atoms with E-state index in [4.69, 9.17) is 19.7 Å². The summed E-state index contributed by atoms with van der Waals surface area (Å²) in [5.41, 5.74) is 3.25. The number of rotatable bonds is 4. The number of fused-ring (bicyclic) bond motifs is 1. The third kappa shape index (κ3) is 3.24. The number of para-hydroxylation sites is 2. The summed E-state index contributed by atoms with van der Waals surface area (Å²) in [7, 11) is 2.10. The van der Waals surface area contributed by atoms with Crippen molar-refractivity contribution < 1.29 is 4.74 Å². The average Bonchev–Trinajstić information content (AvgIpc) is 3.44. The van der Waals surface area contributed by atoms with Gasteiger partial charge in [-0.1, -0.05) is 12.1 Å². The lowest BCUT2D eigenvalue weighted by atomic mass is 10.2. The molecule has 1 saturated carbocycles. The van der Waals surface area contributed by atoms with E-state index in [0.717, 1.165) is 60.0 Å². The molecule has 6 rings (SSSR count). The van der Waals surface area contributed by atoms with Gasteiger partial charge >= 0.3 is 0 Å². The number of nitrogens with zero attached hydrogens (tertiary/aromatic N) is 8. The van der Waals surface area contributed by atoms with E-state index in [1.165, 1.54) is 5.52 Å². The lowest BCUT2D eigenvalue weighted by molar-refractivity contribution is 0.122. The first-order valence-corrected chi connectivity index (χ1v) is 11.1. The molecule has 1 aromatic carbocycles. The molecule has 0 radical (unpaired) electrons. The van der Waals surface area contributed by atoms with Crippen molar-refractivity contribution in [2.24, 2.45) is 7.05 Å². The zero-order valence-electron chi connectivity index (χ0n) is 18.6. The zero-order valence-corrected chi connectivity index (χ0v) is 18.6. The molecule has 1 aliphatic carbocycles. The minimum absolute atomic E-state index is 0.317. The molecule has 1 saturated heterocycles. The van der Waals surface area contributed by atoms with Crippen molar-refractivity contribution in [3.63, 3.8) is 0 Å². The van der Waals surface area contributed by atoms with Gasteiger partial charge in [0.05, 0.1) is 29.9 Å². The predicted octanol–water partition coefficient (Wildman–Crippen LogP) is 2.67. The third-order valence-corrected chi connectivity index (χ3v) is 6.43. The molecule has 164 valence electrons. The normalized spacial score (nSPS) is 20.8. The van der Waals surface area contributed by atoms with Crippen LogP contribution in [0.4, 0.5) is 5.95 Å². The Morgan fingerprint density at radius 1 is 0.969 bits per heavy atom. The molecule has 0 amide bonds. The van der Waals surface area contributed by atoms with Crippen molar-refractivity contribution in [2.45, 2.75) is 32.1 Å². The Hall–Kier alpha value is -3.33. The molecule has 3 aromatic heterocycles. The van der Waals surface area contributed by atoms with Gasteiger partial charge in [0.2, 0.25) is 5.95 Å². The fraction of sp³-hybridized carbons (Fsp3) is 0.435. The fourth-order valence-electron chi connectivity index (χ4n) is 4.68. The molecule has 4 aromatic rings. The highest BCUT2D eigenvalue weighted by atomic mass is 16.5. The van der Waals surface area contributed by atoms with Crippen molar-refractivity contribution >= 4 is 17.0 Å². The number of hydrogen-bond acceptors (Lipinski definition) is 7. The summed E-state index contributed by atoms with van der Waals surface area (Å²) < 4.78 is 9.56. The maximum atomic E-state index is 5.53. The SMILES string of the molecule is Cc1nc(C)n(-c2cc([C@H]3C[C@@H]3c3nc4ccccc4n3C)nc(N3CCOCC3)n2)n1. The summed E-state index contributed by atoms with van der Waals surface area (Å²) in [5, 5.41) is 4.56. The Balaban J connectivity index is 1.39. The van der Waals surface area contributed by atoms with E-state index < -0.39 is 0 Å². The molecule has 2 aliphatic rings. The van der Waals surface area contributed by atoms with Gasteiger partial charge in [0.1, 0.15) is 17.5 Å². The van der Waals surface area contributed by atoms with Crippen LogP contribution in [-0.4, -0.2) is 60.6 Å². The van der Waals surface area contributed by atoms with Gasteiger partial charge in [0, 0.05) is 38.0 Å². The molecule has 0 bridgehead atoms. The standard InChI is InChI=1S/C23H26N8O/c1-14-24-15(2)31(28-14)21-13-19(26-23(27-21)30-8-10-32-11-9-30)16-12-17(16)22-25-18-6-4-5-7-20(18)29(22)3/h4-7,13,16-17H,8-12H2,1-3H3/t16-,17-/m0/s1. The van der Waals surface area contributed by atoms with Crippen LogP contribution in [0.15, 0.2) is 30.3 Å². The van der Waals surface area contributed by atoms with Gasteiger partial charge in [-0.15, -0.1) is 5.10 Å². The Labute approximate surface area is 186 Å². The predicted molar refractivity (Wildman–Crippen MR) is 120 cm³/mol. The number of hydrogen-bond donors (Lipinski definition) is 0. The molecule has 2 fully saturated rings. The fourth-order valence-corrected chi connectivity index (χ4v) is 4.68. The maximum Gasteiger partial charge on any atom is 0.227 e. The second kappa shape index (κ2) is 7.37. The molecule has 2 atom stereocenters. The smallest absolute Gasteiger partial charge is 0.227 e. The van der Waals surface area contributed by atoms with Crippen molar-refractivity contribution in [3.05, 3.63) is 53.5 Å². The topological polar surface area (TPSA) is 86.8 Å². The van der Waals surface area contributed by atoms with Crippen LogP contribution in [0.1, 0.15) is 41.4 Å². The highest BCUT2D eigenvalue weighted by Crippen LogP contribution is 2.54. The van der Waals surface area contributed by atoms with Crippen LogP contribution in [-0.2, 0) is 11.8 Å². The van der Waals surface area contributed by atoms with Crippen molar-refractivity contribution in [3.8, 4) is 5.82 Å². The van der Waals surface area contributed by atoms with Crippen LogP contribution in [0.3, 0.4) is 0 Å². The van der Waals surface area contributed by atoms with Crippen molar-refractivity contribution in [1.29, 1.82) is 0 Å². The first-order chi connectivity index (χ1) is 15.6. The number of benzene rings is 1. The van der Waals surface area contributed by atoms with Crippen molar-refractivity contribution in [2.75, 3.05) is 31.2 Å². The zero-order chi connectivity index (χ0) is 21.8. The minimum Gasteiger partial charge on any atom is -0.378 e. The Kier molecular flexibility index (Phi) is 4.46. The summed E-state index contributed by atoms with van der Waals surface area (Å²) in [6, 6.07) is 10.4. The van der Waals surface area contributed by atoms with Gasteiger partial charge in [0.25, 0.3) is 0 Å². The van der Waals surface area contributed by atoms with Gasteiger partial charge in [-0.3, -0.25) is 0 Å². The summed E-state index contributed by atoms with van der Waals surface area (Å²) in [5.74, 6) is 4.86. The summed E-state index contributed by atoms with van der Waals surface area (Å²) in [6.45, 7) is 6.81. The van der Waals surface area contributed by atoms with Crippen LogP contribution in [0.5, 0.6) is 0 Å². The molecular weight excluding hydrogens is 404 g/mol. The minimum atomic E-state index is 0.317. The number of ether oxygens (including phenoxy) is 1. The molecule has 0 unspecified atom stereocenters. The highest BCUT2D eigenvalue weighted by Gasteiger charge is 2.44. The van der Waals surface area contributed by atoms with E-state index in [0.29, 0.717) is 25.0 Å². The molecule has 9 heteroatoms. The van der Waals surface area contributed by atoms with Gasteiger partial charge in [0.15, 0.2) is 5.82 Å². The molecule has 0 N–H and O–H groups in total. The van der Waals surface area contributed by atoms with Crippen LogP contribution < -0.4 is 4.90 Å². The first kappa shape index (κ1) is 19.4. The molecule has 0 spiro atoms. The van der Waals surface area contributed by atoms with E-state index in [-0.39, 0.29) is 0 Å². The van der Waals surface area contributed by atoms with E-state index in [1.807, 2.05) is 24.6 Å². The second-order valence-corrected chi connectivity index (χ2v) is 8.63. The molecule has 32 heavy (non-hydrogen) atoms. The van der Waals surface area contributed by atoms with E-state index in [1.54, 1.807) is 0 Å². The number of morpholine rings is 1.